The van der Waals surface area contributed by atoms with Crippen LogP contribution in [0, 0.1) is 0 Å². The van der Waals surface area contributed by atoms with Crippen molar-refractivity contribution in [3.05, 3.63) is 47.0 Å². The van der Waals surface area contributed by atoms with Crippen LogP contribution in [0.5, 0.6) is 23.0 Å². The first kappa shape index (κ1) is 16.0. The summed E-state index contributed by atoms with van der Waals surface area (Å²) in [5.41, 5.74) is 2.56. The third-order valence-electron chi connectivity index (χ3n) is 4.33. The third-order valence-corrected chi connectivity index (χ3v) is 4.33. The molecule has 6 heteroatoms. The lowest BCUT2D eigenvalue weighted by Gasteiger charge is -2.29. The molecular weight excluding hydrogens is 310 g/mol. The molecule has 126 valence electrons. The van der Waals surface area contributed by atoms with Crippen molar-refractivity contribution in [1.82, 2.24) is 4.90 Å². The van der Waals surface area contributed by atoms with Crippen LogP contribution in [-0.2, 0) is 24.2 Å². The molecule has 24 heavy (non-hydrogen) atoms. The van der Waals surface area contributed by atoms with Crippen LogP contribution in [0.25, 0.3) is 0 Å². The van der Waals surface area contributed by atoms with Crippen molar-refractivity contribution < 1.29 is 25.2 Å². The van der Waals surface area contributed by atoms with Crippen LogP contribution in [0.3, 0.4) is 0 Å². The van der Waals surface area contributed by atoms with Crippen LogP contribution in [-0.4, -0.2) is 37.8 Å². The Hall–Kier alpha value is -2.89. The third kappa shape index (κ3) is 3.22. The molecule has 1 amide bonds. The Balaban J connectivity index is 1.63. The van der Waals surface area contributed by atoms with Gasteiger partial charge in [0.2, 0.25) is 5.91 Å². The molecule has 0 unspecified atom stereocenters. The molecule has 1 aliphatic heterocycles. The van der Waals surface area contributed by atoms with Crippen LogP contribution in [0.2, 0.25) is 0 Å². The van der Waals surface area contributed by atoms with E-state index in [1.807, 2.05) is 0 Å². The standard InChI is InChI=1S/C18H19NO5/c20-14-3-1-11(7-15(14)21)2-4-18(24)19-6-5-12-8-16(22)17(23)9-13(12)10-19/h1,3,7-9,20-23H,2,4-6,10H2. The number of carbonyl (C=O) groups excluding carboxylic acids is 1. The summed E-state index contributed by atoms with van der Waals surface area (Å²) in [5.74, 6) is -0.702. The number of hydrogen-bond donors (Lipinski definition) is 4. The maximum absolute atomic E-state index is 12.4. The lowest BCUT2D eigenvalue weighted by Crippen LogP contribution is -2.36. The highest BCUT2D eigenvalue weighted by molar-refractivity contribution is 5.77. The quantitative estimate of drug-likeness (QED) is 0.646. The molecule has 0 spiro atoms. The predicted molar refractivity (Wildman–Crippen MR) is 87.0 cm³/mol. The van der Waals surface area contributed by atoms with Crippen molar-refractivity contribution >= 4 is 5.91 Å². The summed E-state index contributed by atoms with van der Waals surface area (Å²) >= 11 is 0. The maximum atomic E-state index is 12.4. The van der Waals surface area contributed by atoms with Crippen LogP contribution in [0.1, 0.15) is 23.1 Å². The van der Waals surface area contributed by atoms with Crippen molar-refractivity contribution in [2.75, 3.05) is 6.54 Å². The summed E-state index contributed by atoms with van der Waals surface area (Å²) in [5, 5.41) is 37.9. The monoisotopic (exact) mass is 329 g/mol. The maximum Gasteiger partial charge on any atom is 0.223 e. The number of aromatic hydroxyl groups is 4. The lowest BCUT2D eigenvalue weighted by molar-refractivity contribution is -0.132. The predicted octanol–water partition coefficient (Wildman–Crippen LogP) is 2.03. The normalized spacial score (nSPS) is 13.6. The number of phenolic OH excluding ortho intramolecular Hbond substituents is 4. The topological polar surface area (TPSA) is 101 Å². The number of aryl methyl sites for hydroxylation is 1. The number of fused-ring (bicyclic) bond motifs is 1. The fraction of sp³-hybridized carbons (Fsp3) is 0.278. The number of rotatable bonds is 3. The zero-order chi connectivity index (χ0) is 17.3. The van der Waals surface area contributed by atoms with Crippen LogP contribution in [0.15, 0.2) is 30.3 Å². The van der Waals surface area contributed by atoms with Gasteiger partial charge < -0.3 is 25.3 Å². The molecule has 0 fully saturated rings. The molecule has 2 aromatic carbocycles. The van der Waals surface area contributed by atoms with E-state index in [-0.39, 0.29) is 28.9 Å². The van der Waals surface area contributed by atoms with E-state index in [0.29, 0.717) is 32.4 Å². The molecule has 6 nitrogen and oxygen atoms in total. The minimum absolute atomic E-state index is 0.0132. The second kappa shape index (κ2) is 6.31. The Morgan fingerprint density at radius 3 is 2.29 bits per heavy atom. The highest BCUT2D eigenvalue weighted by atomic mass is 16.3. The van der Waals surface area contributed by atoms with Gasteiger partial charge in [0.1, 0.15) is 0 Å². The molecule has 1 heterocycles. The molecule has 0 aromatic heterocycles. The zero-order valence-electron chi connectivity index (χ0n) is 13.1. The number of hydrogen-bond acceptors (Lipinski definition) is 5. The first-order valence-electron chi connectivity index (χ1n) is 7.76. The van der Waals surface area contributed by atoms with E-state index in [9.17, 15) is 25.2 Å². The Morgan fingerprint density at radius 2 is 1.58 bits per heavy atom. The average molecular weight is 329 g/mol. The molecule has 0 bridgehead atoms. The molecule has 2 aromatic rings. The fourth-order valence-corrected chi connectivity index (χ4v) is 2.93. The fourth-order valence-electron chi connectivity index (χ4n) is 2.93. The Kier molecular flexibility index (Phi) is 4.20. The summed E-state index contributed by atoms with van der Waals surface area (Å²) in [6.07, 6.45) is 1.40. The smallest absolute Gasteiger partial charge is 0.223 e. The van der Waals surface area contributed by atoms with E-state index < -0.39 is 0 Å². The zero-order valence-corrected chi connectivity index (χ0v) is 13.1. The summed E-state index contributed by atoms with van der Waals surface area (Å²) in [7, 11) is 0. The minimum Gasteiger partial charge on any atom is -0.504 e. The highest BCUT2D eigenvalue weighted by Crippen LogP contribution is 2.31. The molecule has 0 aliphatic carbocycles. The molecule has 1 aliphatic rings. The van der Waals surface area contributed by atoms with Crippen molar-refractivity contribution in [1.29, 1.82) is 0 Å². The molecular formula is C18H19NO5. The molecule has 3 rings (SSSR count). The SMILES string of the molecule is O=C(CCc1ccc(O)c(O)c1)N1CCc2cc(O)c(O)cc2C1. The van der Waals surface area contributed by atoms with Gasteiger partial charge >= 0.3 is 0 Å². The molecule has 0 saturated heterocycles. The van der Waals surface area contributed by atoms with Crippen molar-refractivity contribution in [2.45, 2.75) is 25.8 Å². The lowest BCUT2D eigenvalue weighted by atomic mass is 9.98. The van der Waals surface area contributed by atoms with Gasteiger partial charge in [-0.05, 0) is 53.8 Å². The summed E-state index contributed by atoms with van der Waals surface area (Å²) in [4.78, 5) is 14.1. The molecule has 4 N–H and O–H groups in total. The van der Waals surface area contributed by atoms with E-state index in [4.69, 9.17) is 0 Å². The van der Waals surface area contributed by atoms with Gasteiger partial charge in [0.25, 0.3) is 0 Å². The van der Waals surface area contributed by atoms with Gasteiger partial charge in [-0.25, -0.2) is 0 Å². The Labute approximate surface area is 139 Å². The first-order valence-corrected chi connectivity index (χ1v) is 7.76. The van der Waals surface area contributed by atoms with Gasteiger partial charge in [0.05, 0.1) is 0 Å². The van der Waals surface area contributed by atoms with Gasteiger partial charge in [-0.2, -0.15) is 0 Å². The van der Waals surface area contributed by atoms with Crippen molar-refractivity contribution in [2.24, 2.45) is 0 Å². The molecule has 0 atom stereocenters. The van der Waals surface area contributed by atoms with Crippen molar-refractivity contribution in [3.63, 3.8) is 0 Å². The van der Waals surface area contributed by atoms with Crippen LogP contribution < -0.4 is 0 Å². The van der Waals surface area contributed by atoms with Gasteiger partial charge in [-0.3, -0.25) is 4.79 Å². The van der Waals surface area contributed by atoms with Gasteiger partial charge in [0.15, 0.2) is 23.0 Å². The highest BCUT2D eigenvalue weighted by Gasteiger charge is 2.22. The molecule has 0 saturated carbocycles. The van der Waals surface area contributed by atoms with Crippen molar-refractivity contribution in [3.8, 4) is 23.0 Å². The summed E-state index contributed by atoms with van der Waals surface area (Å²) in [6, 6.07) is 7.58. The molecule has 0 radical (unpaired) electrons. The van der Waals surface area contributed by atoms with Crippen LogP contribution in [0.4, 0.5) is 0 Å². The van der Waals surface area contributed by atoms with E-state index >= 15 is 0 Å². The summed E-state index contributed by atoms with van der Waals surface area (Å²) in [6.45, 7) is 0.972. The number of nitrogens with zero attached hydrogens (tertiary/aromatic N) is 1. The summed E-state index contributed by atoms with van der Waals surface area (Å²) < 4.78 is 0. The number of carbonyl (C=O) groups is 1. The minimum atomic E-state index is -0.192. The number of phenols is 4. The van der Waals surface area contributed by atoms with E-state index in [1.165, 1.54) is 18.2 Å². The number of benzene rings is 2. The van der Waals surface area contributed by atoms with E-state index in [0.717, 1.165) is 16.7 Å². The number of amides is 1. The van der Waals surface area contributed by atoms with Gasteiger partial charge in [-0.15, -0.1) is 0 Å². The largest absolute Gasteiger partial charge is 0.504 e. The van der Waals surface area contributed by atoms with E-state index in [2.05, 4.69) is 0 Å². The Morgan fingerprint density at radius 1 is 0.917 bits per heavy atom. The van der Waals surface area contributed by atoms with Gasteiger partial charge in [-0.1, -0.05) is 6.07 Å². The average Bonchev–Trinajstić information content (AvgIpc) is 2.56. The van der Waals surface area contributed by atoms with E-state index in [1.54, 1.807) is 17.0 Å². The first-order chi connectivity index (χ1) is 11.4. The second-order valence-electron chi connectivity index (χ2n) is 6.00. The second-order valence-corrected chi connectivity index (χ2v) is 6.00. The Bertz CT molecular complexity index is 787. The van der Waals surface area contributed by atoms with Crippen LogP contribution >= 0.6 is 0 Å². The van der Waals surface area contributed by atoms with Gasteiger partial charge in [0, 0.05) is 19.5 Å².